The lowest BCUT2D eigenvalue weighted by molar-refractivity contribution is -0.121. The van der Waals surface area contributed by atoms with Crippen LogP contribution in [0.1, 0.15) is 50.0 Å². The molecule has 2 nitrogen and oxygen atoms in total. The molecule has 2 heteroatoms. The number of rotatable bonds is 5. The molecular weight excluding hydrogens is 236 g/mol. The van der Waals surface area contributed by atoms with Crippen LogP contribution in [0.25, 0.3) is 0 Å². The van der Waals surface area contributed by atoms with Gasteiger partial charge in [0, 0.05) is 18.9 Å². The SMILES string of the molecule is O=C(CCC1CCCCO1)C1CC1c1ccccc1. The maximum atomic E-state index is 12.2. The zero-order valence-electron chi connectivity index (χ0n) is 11.4. The second kappa shape index (κ2) is 5.87. The van der Waals surface area contributed by atoms with E-state index < -0.39 is 0 Å². The molecule has 1 saturated heterocycles. The molecule has 3 atom stereocenters. The Morgan fingerprint density at radius 3 is 2.79 bits per heavy atom. The monoisotopic (exact) mass is 258 g/mol. The number of hydrogen-bond acceptors (Lipinski definition) is 2. The van der Waals surface area contributed by atoms with Crippen molar-refractivity contribution < 1.29 is 9.53 Å². The molecule has 0 aromatic heterocycles. The normalized spacial score (nSPS) is 30.0. The first-order valence-corrected chi connectivity index (χ1v) is 7.54. The van der Waals surface area contributed by atoms with Crippen molar-refractivity contribution in [2.45, 2.75) is 50.5 Å². The van der Waals surface area contributed by atoms with Gasteiger partial charge in [0.25, 0.3) is 0 Å². The maximum Gasteiger partial charge on any atom is 0.136 e. The van der Waals surface area contributed by atoms with Gasteiger partial charge in [-0.05, 0) is 43.6 Å². The largest absolute Gasteiger partial charge is 0.378 e. The van der Waals surface area contributed by atoms with Gasteiger partial charge in [0.1, 0.15) is 5.78 Å². The molecule has 1 aromatic rings. The molecule has 0 spiro atoms. The Morgan fingerprint density at radius 2 is 2.05 bits per heavy atom. The van der Waals surface area contributed by atoms with E-state index >= 15 is 0 Å². The van der Waals surface area contributed by atoms with Crippen LogP contribution >= 0.6 is 0 Å². The van der Waals surface area contributed by atoms with E-state index in [2.05, 4.69) is 24.3 Å². The Morgan fingerprint density at radius 1 is 1.21 bits per heavy atom. The molecule has 2 aliphatic rings. The topological polar surface area (TPSA) is 26.3 Å². The minimum atomic E-state index is 0.283. The standard InChI is InChI=1S/C17H22O2/c18-17(10-9-14-8-4-5-11-19-14)16-12-15(16)13-6-2-1-3-7-13/h1-3,6-7,14-16H,4-5,8-12H2. The van der Waals surface area contributed by atoms with Crippen LogP contribution in [0.3, 0.4) is 0 Å². The summed E-state index contributed by atoms with van der Waals surface area (Å²) in [6, 6.07) is 10.4. The summed E-state index contributed by atoms with van der Waals surface area (Å²) in [7, 11) is 0. The summed E-state index contributed by atoms with van der Waals surface area (Å²) in [5.74, 6) is 1.22. The summed E-state index contributed by atoms with van der Waals surface area (Å²) in [5, 5.41) is 0. The van der Waals surface area contributed by atoms with E-state index in [9.17, 15) is 4.79 Å². The van der Waals surface area contributed by atoms with Crippen molar-refractivity contribution in [3.63, 3.8) is 0 Å². The molecule has 0 bridgehead atoms. The molecule has 1 aliphatic heterocycles. The average molecular weight is 258 g/mol. The Bertz CT molecular complexity index is 420. The van der Waals surface area contributed by atoms with Crippen LogP contribution in [0.2, 0.25) is 0 Å². The van der Waals surface area contributed by atoms with Gasteiger partial charge >= 0.3 is 0 Å². The first kappa shape index (κ1) is 12.9. The lowest BCUT2D eigenvalue weighted by atomic mass is 10.0. The lowest BCUT2D eigenvalue weighted by Crippen LogP contribution is -2.20. The number of Topliss-reactive ketones (excluding diaryl/α,β-unsaturated/α-hetero) is 1. The highest BCUT2D eigenvalue weighted by Crippen LogP contribution is 2.48. The number of carbonyl (C=O) groups is 1. The summed E-state index contributed by atoms with van der Waals surface area (Å²) in [4.78, 5) is 12.2. The first-order chi connectivity index (χ1) is 9.34. The Hall–Kier alpha value is -1.15. The van der Waals surface area contributed by atoms with Crippen molar-refractivity contribution in [1.29, 1.82) is 0 Å². The Labute approximate surface area is 115 Å². The molecule has 3 rings (SSSR count). The van der Waals surface area contributed by atoms with E-state index in [1.54, 1.807) is 0 Å². The number of hydrogen-bond donors (Lipinski definition) is 0. The minimum Gasteiger partial charge on any atom is -0.378 e. The van der Waals surface area contributed by atoms with Crippen molar-refractivity contribution in [1.82, 2.24) is 0 Å². The van der Waals surface area contributed by atoms with Gasteiger partial charge in [0.05, 0.1) is 6.10 Å². The van der Waals surface area contributed by atoms with Gasteiger partial charge in [0.2, 0.25) is 0 Å². The van der Waals surface area contributed by atoms with Crippen molar-refractivity contribution in [2.75, 3.05) is 6.61 Å². The summed E-state index contributed by atoms with van der Waals surface area (Å²) in [6.07, 6.45) is 6.61. The van der Waals surface area contributed by atoms with Gasteiger partial charge in [-0.15, -0.1) is 0 Å². The number of carbonyl (C=O) groups excluding carboxylic acids is 1. The van der Waals surface area contributed by atoms with Crippen LogP contribution in [0.5, 0.6) is 0 Å². The van der Waals surface area contributed by atoms with E-state index in [4.69, 9.17) is 4.74 Å². The van der Waals surface area contributed by atoms with Crippen molar-refractivity contribution in [2.24, 2.45) is 5.92 Å². The quantitative estimate of drug-likeness (QED) is 0.804. The van der Waals surface area contributed by atoms with Crippen LogP contribution in [-0.2, 0) is 9.53 Å². The molecular formula is C17H22O2. The molecule has 2 fully saturated rings. The lowest BCUT2D eigenvalue weighted by Gasteiger charge is -2.22. The van der Waals surface area contributed by atoms with E-state index in [1.807, 2.05) is 6.07 Å². The van der Waals surface area contributed by atoms with Crippen molar-refractivity contribution >= 4 is 5.78 Å². The Balaban J connectivity index is 1.45. The molecule has 1 aliphatic carbocycles. The van der Waals surface area contributed by atoms with Gasteiger partial charge in [-0.3, -0.25) is 4.79 Å². The zero-order valence-corrected chi connectivity index (χ0v) is 11.4. The van der Waals surface area contributed by atoms with Crippen LogP contribution in [0.15, 0.2) is 30.3 Å². The fourth-order valence-electron chi connectivity index (χ4n) is 3.14. The van der Waals surface area contributed by atoms with Gasteiger partial charge in [-0.25, -0.2) is 0 Å². The molecule has 102 valence electrons. The number of ketones is 1. The van der Waals surface area contributed by atoms with Crippen LogP contribution < -0.4 is 0 Å². The summed E-state index contributed by atoms with van der Waals surface area (Å²) in [6.45, 7) is 0.884. The van der Waals surface area contributed by atoms with Crippen molar-refractivity contribution in [3.05, 3.63) is 35.9 Å². The third-order valence-corrected chi connectivity index (χ3v) is 4.42. The minimum absolute atomic E-state index is 0.283. The van der Waals surface area contributed by atoms with Crippen LogP contribution in [-0.4, -0.2) is 18.5 Å². The molecule has 0 radical (unpaired) electrons. The van der Waals surface area contributed by atoms with Gasteiger partial charge in [0.15, 0.2) is 0 Å². The third-order valence-electron chi connectivity index (χ3n) is 4.42. The molecule has 0 amide bonds. The summed E-state index contributed by atoms with van der Waals surface area (Å²) >= 11 is 0. The van der Waals surface area contributed by atoms with E-state index in [1.165, 1.54) is 18.4 Å². The fourth-order valence-corrected chi connectivity index (χ4v) is 3.14. The van der Waals surface area contributed by atoms with E-state index in [0.717, 1.165) is 25.9 Å². The second-order valence-corrected chi connectivity index (χ2v) is 5.85. The summed E-state index contributed by atoms with van der Waals surface area (Å²) < 4.78 is 5.69. The molecule has 1 saturated carbocycles. The van der Waals surface area contributed by atoms with E-state index in [-0.39, 0.29) is 5.92 Å². The number of ether oxygens (including phenoxy) is 1. The number of benzene rings is 1. The average Bonchev–Trinajstić information content (AvgIpc) is 3.27. The highest BCUT2D eigenvalue weighted by molar-refractivity contribution is 5.85. The van der Waals surface area contributed by atoms with Gasteiger partial charge in [-0.2, -0.15) is 0 Å². The van der Waals surface area contributed by atoms with Crippen LogP contribution in [0, 0.1) is 5.92 Å². The highest BCUT2D eigenvalue weighted by Gasteiger charge is 2.43. The predicted molar refractivity (Wildman–Crippen MR) is 75.1 cm³/mol. The Kier molecular flexibility index (Phi) is 3.97. The predicted octanol–water partition coefficient (Wildman–Crippen LogP) is 3.71. The molecule has 1 aromatic carbocycles. The van der Waals surface area contributed by atoms with E-state index in [0.29, 0.717) is 24.2 Å². The molecule has 19 heavy (non-hydrogen) atoms. The maximum absolute atomic E-state index is 12.2. The van der Waals surface area contributed by atoms with Gasteiger partial charge < -0.3 is 4.74 Å². The summed E-state index contributed by atoms with van der Waals surface area (Å²) in [5.41, 5.74) is 1.33. The van der Waals surface area contributed by atoms with Crippen molar-refractivity contribution in [3.8, 4) is 0 Å². The second-order valence-electron chi connectivity index (χ2n) is 5.85. The zero-order chi connectivity index (χ0) is 13.1. The fraction of sp³-hybridized carbons (Fsp3) is 0.588. The van der Waals surface area contributed by atoms with Crippen LogP contribution in [0.4, 0.5) is 0 Å². The smallest absolute Gasteiger partial charge is 0.136 e. The molecule has 0 N–H and O–H groups in total. The first-order valence-electron chi connectivity index (χ1n) is 7.54. The highest BCUT2D eigenvalue weighted by atomic mass is 16.5. The van der Waals surface area contributed by atoms with Gasteiger partial charge in [-0.1, -0.05) is 30.3 Å². The molecule has 1 heterocycles. The third kappa shape index (κ3) is 3.24. The molecule has 3 unspecified atom stereocenters.